The number of benzene rings is 3. The molecular weight excluding hydrogens is 354 g/mol. The maximum absolute atomic E-state index is 2.36. The van der Waals surface area contributed by atoms with Gasteiger partial charge < -0.3 is 4.90 Å². The van der Waals surface area contributed by atoms with E-state index in [0.717, 1.165) is 23.1 Å². The Labute approximate surface area is 170 Å². The third-order valence-corrected chi connectivity index (χ3v) is 5.66. The summed E-state index contributed by atoms with van der Waals surface area (Å²) in [5.41, 5.74) is 6.19. The number of anilines is 2. The summed E-state index contributed by atoms with van der Waals surface area (Å²) in [6, 6.07) is 28.2. The molecule has 0 bridgehead atoms. The van der Waals surface area contributed by atoms with Crippen molar-refractivity contribution in [3.05, 3.63) is 114 Å². The van der Waals surface area contributed by atoms with Gasteiger partial charge in [-0.05, 0) is 54.3 Å². The molecule has 0 amide bonds. The Morgan fingerprint density at radius 2 is 1.32 bits per heavy atom. The molecule has 1 aliphatic carbocycles. The van der Waals surface area contributed by atoms with Crippen molar-refractivity contribution < 1.29 is 0 Å². The van der Waals surface area contributed by atoms with Gasteiger partial charge in [0.25, 0.3) is 0 Å². The molecule has 1 aliphatic rings. The number of para-hydroxylation sites is 1. The average molecular weight is 380 g/mol. The summed E-state index contributed by atoms with van der Waals surface area (Å²) in [7, 11) is 1.10. The van der Waals surface area contributed by atoms with Crippen LogP contribution in [0, 0.1) is 0 Å². The van der Waals surface area contributed by atoms with Crippen LogP contribution in [-0.2, 0) is 0 Å². The number of hydrogen-bond acceptors (Lipinski definition) is 1. The Morgan fingerprint density at radius 3 is 1.93 bits per heavy atom. The molecule has 28 heavy (non-hydrogen) atoms. The van der Waals surface area contributed by atoms with Gasteiger partial charge in [0.05, 0.1) is 0 Å². The molecule has 2 heteroatoms. The zero-order chi connectivity index (χ0) is 19.2. The fourth-order valence-corrected chi connectivity index (χ4v) is 3.77. The van der Waals surface area contributed by atoms with E-state index >= 15 is 0 Å². The molecule has 0 atom stereocenters. The summed E-state index contributed by atoms with van der Waals surface area (Å²) in [6.45, 7) is 0. The Morgan fingerprint density at radius 1 is 0.714 bits per heavy atom. The predicted octanol–water partition coefficient (Wildman–Crippen LogP) is 5.22. The molecule has 1 nitrogen and oxygen atoms in total. The lowest BCUT2D eigenvalue weighted by Crippen LogP contribution is -2.17. The van der Waals surface area contributed by atoms with Gasteiger partial charge in [-0.2, -0.15) is 0 Å². The highest BCUT2D eigenvalue weighted by atomic mass is 28.1. The second-order valence-corrected chi connectivity index (χ2v) is 8.29. The molecule has 3 aromatic carbocycles. The highest BCUT2D eigenvalue weighted by Crippen LogP contribution is 2.33. The Hall–Kier alpha value is -3.10. The first-order valence-electron chi connectivity index (χ1n) is 9.85. The van der Waals surface area contributed by atoms with Gasteiger partial charge in [-0.15, -0.1) is 0 Å². The van der Waals surface area contributed by atoms with Crippen LogP contribution in [0.5, 0.6) is 0 Å². The van der Waals surface area contributed by atoms with Crippen molar-refractivity contribution in [2.24, 2.45) is 0 Å². The van der Waals surface area contributed by atoms with E-state index < -0.39 is 0 Å². The first kappa shape index (κ1) is 18.3. The quantitative estimate of drug-likeness (QED) is 0.434. The van der Waals surface area contributed by atoms with E-state index in [2.05, 4.69) is 114 Å². The van der Waals surface area contributed by atoms with Crippen molar-refractivity contribution in [3.8, 4) is 0 Å². The van der Waals surface area contributed by atoms with E-state index in [1.165, 1.54) is 33.4 Å². The summed E-state index contributed by atoms with van der Waals surface area (Å²) < 4.78 is 0. The monoisotopic (exact) mass is 379 g/mol. The molecule has 0 saturated heterocycles. The third-order valence-electron chi connectivity index (χ3n) is 4.99. The van der Waals surface area contributed by atoms with E-state index in [1.54, 1.807) is 0 Å². The lowest BCUT2D eigenvalue weighted by atomic mass is 10.1. The summed E-state index contributed by atoms with van der Waals surface area (Å²) in [6.07, 6.45) is 13.1. The van der Waals surface area contributed by atoms with E-state index in [4.69, 9.17) is 0 Å². The SMILES string of the molecule is [SiH3]c1ccc(C=Cc2ccc(N(C3=CC=CCC3)c3ccccc3)cc2)cc1. The minimum Gasteiger partial charge on any atom is -0.314 e. The van der Waals surface area contributed by atoms with Gasteiger partial charge in [0.1, 0.15) is 0 Å². The highest BCUT2D eigenvalue weighted by molar-refractivity contribution is 6.32. The molecule has 0 radical (unpaired) electrons. The van der Waals surface area contributed by atoms with E-state index in [-0.39, 0.29) is 0 Å². The van der Waals surface area contributed by atoms with Crippen LogP contribution < -0.4 is 10.1 Å². The van der Waals surface area contributed by atoms with Gasteiger partial charge in [0.15, 0.2) is 0 Å². The van der Waals surface area contributed by atoms with Crippen LogP contribution >= 0.6 is 0 Å². The Kier molecular flexibility index (Phi) is 5.69. The minimum absolute atomic E-state index is 1.06. The molecule has 4 rings (SSSR count). The summed E-state index contributed by atoms with van der Waals surface area (Å²) >= 11 is 0. The molecule has 138 valence electrons. The number of nitrogens with zero attached hydrogens (tertiary/aromatic N) is 1. The molecule has 0 aliphatic heterocycles. The van der Waals surface area contributed by atoms with E-state index in [1.807, 2.05) is 0 Å². The average Bonchev–Trinajstić information content (AvgIpc) is 2.76. The van der Waals surface area contributed by atoms with Gasteiger partial charge in [0.2, 0.25) is 0 Å². The van der Waals surface area contributed by atoms with E-state index in [0.29, 0.717) is 0 Å². The number of allylic oxidation sites excluding steroid dienone is 4. The van der Waals surface area contributed by atoms with Gasteiger partial charge in [0, 0.05) is 27.3 Å². The minimum atomic E-state index is 1.06. The van der Waals surface area contributed by atoms with Crippen LogP contribution in [0.25, 0.3) is 12.2 Å². The molecule has 0 spiro atoms. The molecule has 0 unspecified atom stereocenters. The van der Waals surface area contributed by atoms with Crippen molar-refractivity contribution in [2.75, 3.05) is 4.90 Å². The summed E-state index contributed by atoms with van der Waals surface area (Å²) in [5, 5.41) is 1.43. The largest absolute Gasteiger partial charge is 0.314 e. The molecule has 0 fully saturated rings. The third kappa shape index (κ3) is 4.41. The molecule has 0 saturated carbocycles. The van der Waals surface area contributed by atoms with Gasteiger partial charge in [-0.25, -0.2) is 0 Å². The first-order chi connectivity index (χ1) is 13.8. The van der Waals surface area contributed by atoms with Gasteiger partial charge >= 0.3 is 0 Å². The van der Waals surface area contributed by atoms with Crippen molar-refractivity contribution in [1.29, 1.82) is 0 Å². The van der Waals surface area contributed by atoms with Crippen molar-refractivity contribution in [3.63, 3.8) is 0 Å². The number of hydrogen-bond donors (Lipinski definition) is 0. The summed E-state index contributed by atoms with van der Waals surface area (Å²) in [5.74, 6) is 0. The van der Waals surface area contributed by atoms with Crippen LogP contribution in [0.2, 0.25) is 0 Å². The fourth-order valence-electron chi connectivity index (χ4n) is 3.44. The highest BCUT2D eigenvalue weighted by Gasteiger charge is 2.14. The zero-order valence-electron chi connectivity index (χ0n) is 16.3. The second-order valence-electron chi connectivity index (χ2n) is 7.13. The molecule has 0 aromatic heterocycles. The maximum atomic E-state index is 2.36. The van der Waals surface area contributed by atoms with Gasteiger partial charge in [-0.1, -0.05) is 84.1 Å². The van der Waals surface area contributed by atoms with Crippen LogP contribution in [0.4, 0.5) is 11.4 Å². The summed E-state index contributed by atoms with van der Waals surface area (Å²) in [4.78, 5) is 2.36. The molecule has 3 aromatic rings. The van der Waals surface area contributed by atoms with E-state index in [9.17, 15) is 0 Å². The smallest absolute Gasteiger partial charge is 0.0458 e. The standard InChI is InChI=1S/C26H25NSi/c28-26-19-15-22(16-20-26)12-11-21-13-17-25(18-14-21)27(23-7-3-1-4-8-23)24-9-5-2-6-10-24/h1-5,7-9,11-20H,6,10H2,28H3. The topological polar surface area (TPSA) is 3.24 Å². The van der Waals surface area contributed by atoms with Crippen molar-refractivity contribution in [1.82, 2.24) is 0 Å². The van der Waals surface area contributed by atoms with Gasteiger partial charge in [-0.3, -0.25) is 0 Å². The lowest BCUT2D eigenvalue weighted by Gasteiger charge is -2.28. The van der Waals surface area contributed by atoms with Crippen molar-refractivity contribution in [2.45, 2.75) is 12.8 Å². The van der Waals surface area contributed by atoms with Crippen molar-refractivity contribution >= 4 is 39.0 Å². The Balaban J connectivity index is 1.60. The van der Waals surface area contributed by atoms with Crippen LogP contribution in [-0.4, -0.2) is 10.2 Å². The fraction of sp³-hybridized carbons (Fsp3) is 0.0769. The molecule has 0 heterocycles. The normalized spacial score (nSPS) is 13.6. The second kappa shape index (κ2) is 8.72. The maximum Gasteiger partial charge on any atom is 0.0458 e. The Bertz CT molecular complexity index is 997. The van der Waals surface area contributed by atoms with Crippen LogP contribution in [0.15, 0.2) is 103 Å². The van der Waals surface area contributed by atoms with Crippen LogP contribution in [0.1, 0.15) is 24.0 Å². The molecular formula is C26H25NSi. The number of rotatable bonds is 5. The zero-order valence-corrected chi connectivity index (χ0v) is 18.3. The van der Waals surface area contributed by atoms with Crippen LogP contribution in [0.3, 0.4) is 0 Å². The molecule has 0 N–H and O–H groups in total. The predicted molar refractivity (Wildman–Crippen MR) is 126 cm³/mol. The first-order valence-corrected chi connectivity index (χ1v) is 10.9. The lowest BCUT2D eigenvalue weighted by molar-refractivity contribution is 0.917.